The molecule has 0 unspecified atom stereocenters. The molecule has 2 rings (SSSR count). The maximum atomic E-state index is 13.5. The van der Waals surface area contributed by atoms with Gasteiger partial charge in [0.1, 0.15) is 17.5 Å². The maximum Gasteiger partial charge on any atom is 0.416 e. The molecule has 0 saturated carbocycles. The Morgan fingerprint density at radius 2 is 1.88 bits per heavy atom. The predicted octanol–water partition coefficient (Wildman–Crippen LogP) is 3.98. The number of alkyl halides is 3. The minimum atomic E-state index is -4.55. The van der Waals surface area contributed by atoms with Crippen LogP contribution in [0, 0.1) is 17.1 Å². The molecule has 0 aliphatic carbocycles. The molecule has 1 amide bonds. The molecule has 0 bridgehead atoms. The van der Waals surface area contributed by atoms with Gasteiger partial charge in [-0.3, -0.25) is 4.79 Å². The lowest BCUT2D eigenvalue weighted by Gasteiger charge is -2.09. The number of nitrogens with zero attached hydrogens (tertiary/aromatic N) is 1. The van der Waals surface area contributed by atoms with Crippen LogP contribution in [0.25, 0.3) is 0 Å². The summed E-state index contributed by atoms with van der Waals surface area (Å²) in [5, 5.41) is 13.9. The lowest BCUT2D eigenvalue weighted by molar-refractivity contribution is -0.137. The molecule has 2 aromatic carbocycles. The molecule has 26 heavy (non-hydrogen) atoms. The number of halogens is 4. The molecule has 134 valence electrons. The number of anilines is 1. The molecule has 0 radical (unpaired) electrons. The van der Waals surface area contributed by atoms with Gasteiger partial charge in [0.25, 0.3) is 5.91 Å². The first-order chi connectivity index (χ1) is 12.3. The summed E-state index contributed by atoms with van der Waals surface area (Å²) in [4.78, 5) is 12.0. The number of benzene rings is 2. The third kappa shape index (κ3) is 5.08. The van der Waals surface area contributed by atoms with Crippen molar-refractivity contribution in [2.45, 2.75) is 12.7 Å². The van der Waals surface area contributed by atoms with Crippen molar-refractivity contribution in [2.75, 3.05) is 5.32 Å². The highest BCUT2D eigenvalue weighted by molar-refractivity contribution is 6.06. The van der Waals surface area contributed by atoms with E-state index in [4.69, 9.17) is 5.26 Å². The third-order valence-corrected chi connectivity index (χ3v) is 3.31. The Morgan fingerprint density at radius 1 is 1.15 bits per heavy atom. The summed E-state index contributed by atoms with van der Waals surface area (Å²) in [6.45, 7) is 0.0364. The average molecular weight is 363 g/mol. The number of carbonyl (C=O) groups is 1. The second-order valence-corrected chi connectivity index (χ2v) is 5.17. The third-order valence-electron chi connectivity index (χ3n) is 3.31. The first kappa shape index (κ1) is 19.0. The lowest BCUT2D eigenvalue weighted by atomic mass is 10.2. The summed E-state index contributed by atoms with van der Waals surface area (Å²) >= 11 is 0. The van der Waals surface area contributed by atoms with Crippen molar-refractivity contribution >= 4 is 11.6 Å². The van der Waals surface area contributed by atoms with Crippen LogP contribution in [0.15, 0.2) is 60.3 Å². The molecule has 2 N–H and O–H groups in total. The SMILES string of the molecule is N#C/C(=C/NCc1ccccc1F)C(=O)Nc1cccc(C(F)(F)F)c1. The van der Waals surface area contributed by atoms with E-state index in [9.17, 15) is 22.4 Å². The van der Waals surface area contributed by atoms with Gasteiger partial charge in [-0.1, -0.05) is 24.3 Å². The monoisotopic (exact) mass is 363 g/mol. The Bertz CT molecular complexity index is 869. The van der Waals surface area contributed by atoms with Crippen molar-refractivity contribution in [1.82, 2.24) is 5.32 Å². The first-order valence-corrected chi connectivity index (χ1v) is 7.37. The Labute approximate surface area is 146 Å². The van der Waals surface area contributed by atoms with Crippen LogP contribution in [0.1, 0.15) is 11.1 Å². The molecule has 2 aromatic rings. The number of rotatable bonds is 5. The molecule has 8 heteroatoms. The van der Waals surface area contributed by atoms with E-state index in [0.717, 1.165) is 24.4 Å². The highest BCUT2D eigenvalue weighted by Gasteiger charge is 2.30. The van der Waals surface area contributed by atoms with E-state index in [0.29, 0.717) is 5.56 Å². The van der Waals surface area contributed by atoms with Gasteiger partial charge < -0.3 is 10.6 Å². The molecule has 0 heterocycles. The molecule has 0 saturated heterocycles. The van der Waals surface area contributed by atoms with Crippen LogP contribution in [0.4, 0.5) is 23.2 Å². The number of amides is 1. The zero-order valence-electron chi connectivity index (χ0n) is 13.3. The highest BCUT2D eigenvalue weighted by Crippen LogP contribution is 2.30. The maximum absolute atomic E-state index is 13.5. The fraction of sp³-hybridized carbons (Fsp3) is 0.111. The molecular formula is C18H13F4N3O. The molecule has 0 aliphatic heterocycles. The average Bonchev–Trinajstić information content (AvgIpc) is 2.59. The smallest absolute Gasteiger partial charge is 0.385 e. The van der Waals surface area contributed by atoms with Crippen molar-refractivity contribution in [1.29, 1.82) is 5.26 Å². The molecule has 0 atom stereocenters. The van der Waals surface area contributed by atoms with Crippen LogP contribution >= 0.6 is 0 Å². The number of hydrogen-bond donors (Lipinski definition) is 2. The fourth-order valence-electron chi connectivity index (χ4n) is 2.03. The Morgan fingerprint density at radius 3 is 2.54 bits per heavy atom. The van der Waals surface area contributed by atoms with Crippen LogP contribution in [0.3, 0.4) is 0 Å². The summed E-state index contributed by atoms with van der Waals surface area (Å²) in [6.07, 6.45) is -3.47. The number of carbonyl (C=O) groups excluding carboxylic acids is 1. The fourth-order valence-corrected chi connectivity index (χ4v) is 2.03. The van der Waals surface area contributed by atoms with E-state index < -0.39 is 23.5 Å². The second-order valence-electron chi connectivity index (χ2n) is 5.17. The number of hydrogen-bond acceptors (Lipinski definition) is 3. The molecular weight excluding hydrogens is 350 g/mol. The van der Waals surface area contributed by atoms with E-state index >= 15 is 0 Å². The standard InChI is InChI=1S/C18H13F4N3O/c19-16-7-2-1-4-12(16)10-24-11-13(9-23)17(26)25-15-6-3-5-14(8-15)18(20,21)22/h1-8,11,24H,10H2,(H,25,26)/b13-11-. The molecule has 0 aliphatic rings. The quantitative estimate of drug-likeness (QED) is 0.480. The van der Waals surface area contributed by atoms with Crippen LogP contribution in [0.5, 0.6) is 0 Å². The number of nitrogens with one attached hydrogen (secondary N) is 2. The Balaban J connectivity index is 2.05. The summed E-state index contributed by atoms with van der Waals surface area (Å²) in [6, 6.07) is 11.6. The predicted molar refractivity (Wildman–Crippen MR) is 87.0 cm³/mol. The van der Waals surface area contributed by atoms with Gasteiger partial charge in [0.15, 0.2) is 0 Å². The largest absolute Gasteiger partial charge is 0.416 e. The van der Waals surface area contributed by atoms with Crippen molar-refractivity contribution in [3.63, 3.8) is 0 Å². The van der Waals surface area contributed by atoms with Crippen LogP contribution in [-0.2, 0) is 17.5 Å². The second kappa shape index (κ2) is 8.16. The van der Waals surface area contributed by atoms with E-state index in [1.807, 2.05) is 0 Å². The van der Waals surface area contributed by atoms with Crippen molar-refractivity contribution in [3.05, 3.63) is 77.2 Å². The van der Waals surface area contributed by atoms with Crippen LogP contribution in [-0.4, -0.2) is 5.91 Å². The Hall–Kier alpha value is -3.34. The van der Waals surface area contributed by atoms with E-state index in [2.05, 4.69) is 10.6 Å². The molecule has 4 nitrogen and oxygen atoms in total. The zero-order chi connectivity index (χ0) is 19.2. The minimum absolute atomic E-state index is 0.0364. The van der Waals surface area contributed by atoms with Gasteiger partial charge in [-0.15, -0.1) is 0 Å². The van der Waals surface area contributed by atoms with Gasteiger partial charge in [-0.05, 0) is 24.3 Å². The summed E-state index contributed by atoms with van der Waals surface area (Å²) in [7, 11) is 0. The van der Waals surface area contributed by atoms with Crippen LogP contribution in [0.2, 0.25) is 0 Å². The molecule has 0 spiro atoms. The normalized spacial score (nSPS) is 11.6. The summed E-state index contributed by atoms with van der Waals surface area (Å²) in [5.41, 5.74) is -1.05. The van der Waals surface area contributed by atoms with Crippen LogP contribution < -0.4 is 10.6 Å². The lowest BCUT2D eigenvalue weighted by Crippen LogP contribution is -2.17. The topological polar surface area (TPSA) is 64.9 Å². The number of nitriles is 1. The van der Waals surface area contributed by atoms with E-state index in [-0.39, 0.29) is 17.8 Å². The van der Waals surface area contributed by atoms with Gasteiger partial charge in [-0.25, -0.2) is 4.39 Å². The van der Waals surface area contributed by atoms with Gasteiger partial charge in [0.2, 0.25) is 0 Å². The van der Waals surface area contributed by atoms with E-state index in [1.54, 1.807) is 12.1 Å². The van der Waals surface area contributed by atoms with Crippen molar-refractivity contribution in [3.8, 4) is 6.07 Å². The summed E-state index contributed by atoms with van der Waals surface area (Å²) in [5.74, 6) is -1.33. The molecule has 0 aromatic heterocycles. The summed E-state index contributed by atoms with van der Waals surface area (Å²) < 4.78 is 51.5. The zero-order valence-corrected chi connectivity index (χ0v) is 13.3. The van der Waals surface area contributed by atoms with Crippen molar-refractivity contribution in [2.24, 2.45) is 0 Å². The highest BCUT2D eigenvalue weighted by atomic mass is 19.4. The van der Waals surface area contributed by atoms with Gasteiger partial charge in [0.05, 0.1) is 5.56 Å². The minimum Gasteiger partial charge on any atom is -0.385 e. The Kier molecular flexibility index (Phi) is 5.96. The van der Waals surface area contributed by atoms with E-state index in [1.165, 1.54) is 24.3 Å². The van der Waals surface area contributed by atoms with Gasteiger partial charge in [-0.2, -0.15) is 18.4 Å². The van der Waals surface area contributed by atoms with Crippen molar-refractivity contribution < 1.29 is 22.4 Å². The van der Waals surface area contributed by atoms with Gasteiger partial charge >= 0.3 is 6.18 Å². The van der Waals surface area contributed by atoms with Gasteiger partial charge in [0, 0.05) is 24.0 Å². The first-order valence-electron chi connectivity index (χ1n) is 7.37. The molecule has 0 fully saturated rings.